The average molecular weight is 397 g/mol. The molecule has 0 amide bonds. The first-order valence-corrected chi connectivity index (χ1v) is 8.59. The highest BCUT2D eigenvalue weighted by atomic mass is 79.9. The van der Waals surface area contributed by atoms with Crippen molar-refractivity contribution in [2.75, 3.05) is 25.0 Å². The summed E-state index contributed by atoms with van der Waals surface area (Å²) >= 11 is 3.21. The Kier molecular flexibility index (Phi) is 5.10. The lowest BCUT2D eigenvalue weighted by atomic mass is 9.98. The number of benzene rings is 1. The van der Waals surface area contributed by atoms with Gasteiger partial charge in [-0.15, -0.1) is 0 Å². The van der Waals surface area contributed by atoms with Crippen LogP contribution in [0.15, 0.2) is 47.3 Å². The molecule has 7 heteroatoms. The molecule has 0 bridgehead atoms. The minimum atomic E-state index is -2.81. The van der Waals surface area contributed by atoms with E-state index in [0.29, 0.717) is 29.9 Å². The highest BCUT2D eigenvalue weighted by molar-refractivity contribution is 9.10. The fourth-order valence-corrected chi connectivity index (χ4v) is 3.32. The van der Waals surface area contributed by atoms with Crippen LogP contribution in [0.5, 0.6) is 0 Å². The van der Waals surface area contributed by atoms with E-state index in [-0.39, 0.29) is 6.54 Å². The van der Waals surface area contributed by atoms with Crippen LogP contribution in [-0.2, 0) is 6.54 Å². The molecule has 0 saturated carbocycles. The van der Waals surface area contributed by atoms with Gasteiger partial charge in [-0.2, -0.15) is 0 Å². The van der Waals surface area contributed by atoms with Gasteiger partial charge >= 0.3 is 0 Å². The summed E-state index contributed by atoms with van der Waals surface area (Å²) in [5.41, 5.74) is 1.04. The quantitative estimate of drug-likeness (QED) is 0.790. The minimum absolute atomic E-state index is 0.340. The van der Waals surface area contributed by atoms with Crippen molar-refractivity contribution < 1.29 is 8.78 Å². The fourth-order valence-electron chi connectivity index (χ4n) is 3.12. The standard InChI is InChI=1S/C17H19BrF2N4/c1-23(11-13-5-3-2-4-6-13)14-7-8-24(12-17(14,19)20)16-10-21-15(18)9-22-16/h2-6,9-10,14H,7-8,11-12H2,1H3. The third-order valence-corrected chi connectivity index (χ3v) is 4.71. The van der Waals surface area contributed by atoms with Crippen LogP contribution >= 0.6 is 15.9 Å². The molecule has 1 fully saturated rings. The fraction of sp³-hybridized carbons (Fsp3) is 0.412. The molecule has 1 aromatic heterocycles. The molecule has 1 aromatic carbocycles. The molecule has 2 heterocycles. The summed E-state index contributed by atoms with van der Waals surface area (Å²) in [6.45, 7) is 0.710. The molecule has 128 valence electrons. The molecule has 1 aliphatic rings. The number of nitrogens with zero attached hydrogens (tertiary/aromatic N) is 4. The van der Waals surface area contributed by atoms with E-state index in [1.165, 1.54) is 12.4 Å². The highest BCUT2D eigenvalue weighted by Gasteiger charge is 2.46. The maximum Gasteiger partial charge on any atom is 0.280 e. The summed E-state index contributed by atoms with van der Waals surface area (Å²) < 4.78 is 30.0. The SMILES string of the molecule is CN(Cc1ccccc1)C1CCN(c2cnc(Br)cn2)CC1(F)F. The number of hydrogen-bond acceptors (Lipinski definition) is 4. The van der Waals surface area contributed by atoms with Gasteiger partial charge in [0, 0.05) is 13.1 Å². The van der Waals surface area contributed by atoms with E-state index in [2.05, 4.69) is 25.9 Å². The van der Waals surface area contributed by atoms with Crippen LogP contribution in [0.3, 0.4) is 0 Å². The zero-order valence-electron chi connectivity index (χ0n) is 13.4. The molecule has 1 unspecified atom stereocenters. The molecule has 1 atom stereocenters. The van der Waals surface area contributed by atoms with Crippen LogP contribution < -0.4 is 4.90 Å². The molecule has 0 N–H and O–H groups in total. The van der Waals surface area contributed by atoms with Crippen LogP contribution in [0, 0.1) is 0 Å². The first-order valence-electron chi connectivity index (χ1n) is 7.80. The first-order chi connectivity index (χ1) is 11.5. The molecule has 0 radical (unpaired) electrons. The van der Waals surface area contributed by atoms with Crippen molar-refractivity contribution in [2.24, 2.45) is 0 Å². The predicted octanol–water partition coefficient (Wildman–Crippen LogP) is 3.59. The van der Waals surface area contributed by atoms with Gasteiger partial charge in [0.1, 0.15) is 10.4 Å². The Morgan fingerprint density at radius 3 is 2.62 bits per heavy atom. The average Bonchev–Trinajstić information content (AvgIpc) is 2.55. The van der Waals surface area contributed by atoms with Crippen LogP contribution in [0.25, 0.3) is 0 Å². The summed E-state index contributed by atoms with van der Waals surface area (Å²) in [6, 6.07) is 8.92. The number of rotatable bonds is 4. The second-order valence-corrected chi connectivity index (χ2v) is 6.90. The Bertz CT molecular complexity index is 666. The van der Waals surface area contributed by atoms with Crippen LogP contribution in [0.2, 0.25) is 0 Å². The van der Waals surface area contributed by atoms with E-state index in [0.717, 1.165) is 5.56 Å². The summed E-state index contributed by atoms with van der Waals surface area (Å²) in [5.74, 6) is -2.32. The number of hydrogen-bond donors (Lipinski definition) is 0. The Balaban J connectivity index is 1.68. The maximum atomic E-state index is 14.7. The normalized spacial score (nSPS) is 20.4. The first kappa shape index (κ1) is 17.2. The monoisotopic (exact) mass is 396 g/mol. The van der Waals surface area contributed by atoms with E-state index in [1.807, 2.05) is 30.3 Å². The smallest absolute Gasteiger partial charge is 0.280 e. The number of alkyl halides is 2. The summed E-state index contributed by atoms with van der Waals surface area (Å²) in [6.07, 6.45) is 3.43. The third-order valence-electron chi connectivity index (χ3n) is 4.30. The lowest BCUT2D eigenvalue weighted by molar-refractivity contribution is -0.0837. The molecule has 2 aromatic rings. The van der Waals surface area contributed by atoms with E-state index < -0.39 is 12.0 Å². The van der Waals surface area contributed by atoms with E-state index >= 15 is 0 Å². The van der Waals surface area contributed by atoms with Gasteiger partial charge in [0.2, 0.25) is 0 Å². The molecule has 24 heavy (non-hydrogen) atoms. The zero-order valence-corrected chi connectivity index (χ0v) is 15.0. The van der Waals surface area contributed by atoms with Gasteiger partial charge in [0.05, 0.1) is 25.0 Å². The molecule has 0 aliphatic carbocycles. The van der Waals surface area contributed by atoms with Crippen molar-refractivity contribution in [2.45, 2.75) is 24.9 Å². The van der Waals surface area contributed by atoms with Crippen molar-refractivity contribution in [3.8, 4) is 0 Å². The minimum Gasteiger partial charge on any atom is -0.349 e. The van der Waals surface area contributed by atoms with Gasteiger partial charge < -0.3 is 4.90 Å². The van der Waals surface area contributed by atoms with Gasteiger partial charge in [-0.05, 0) is 35.0 Å². The topological polar surface area (TPSA) is 32.3 Å². The Hall–Kier alpha value is -1.60. The molecule has 1 saturated heterocycles. The van der Waals surface area contributed by atoms with Crippen LogP contribution in [0.1, 0.15) is 12.0 Å². The van der Waals surface area contributed by atoms with Crippen LogP contribution in [0.4, 0.5) is 14.6 Å². The predicted molar refractivity (Wildman–Crippen MR) is 93.2 cm³/mol. The van der Waals surface area contributed by atoms with Crippen LogP contribution in [-0.4, -0.2) is 47.0 Å². The lowest BCUT2D eigenvalue weighted by Crippen LogP contribution is -2.57. The van der Waals surface area contributed by atoms with E-state index in [4.69, 9.17) is 0 Å². The maximum absolute atomic E-state index is 14.7. The lowest BCUT2D eigenvalue weighted by Gasteiger charge is -2.42. The van der Waals surface area contributed by atoms with E-state index in [9.17, 15) is 8.78 Å². The zero-order chi connectivity index (χ0) is 17.2. The number of halogens is 3. The van der Waals surface area contributed by atoms with Crippen molar-refractivity contribution in [3.63, 3.8) is 0 Å². The third kappa shape index (κ3) is 3.89. The molecule has 0 spiro atoms. The van der Waals surface area contributed by atoms with Gasteiger partial charge in [-0.25, -0.2) is 18.7 Å². The van der Waals surface area contributed by atoms with Crippen molar-refractivity contribution >= 4 is 21.7 Å². The molecule has 3 rings (SSSR count). The highest BCUT2D eigenvalue weighted by Crippen LogP contribution is 2.33. The van der Waals surface area contributed by atoms with E-state index in [1.54, 1.807) is 16.8 Å². The van der Waals surface area contributed by atoms with Crippen molar-refractivity contribution in [3.05, 3.63) is 52.9 Å². The Labute approximate surface area is 148 Å². The molecular weight excluding hydrogens is 378 g/mol. The molecular formula is C17H19BrF2N4. The van der Waals surface area contributed by atoms with Gasteiger partial charge in [-0.3, -0.25) is 4.90 Å². The number of anilines is 1. The Morgan fingerprint density at radius 1 is 1.25 bits per heavy atom. The van der Waals surface area contributed by atoms with Gasteiger partial charge in [0.15, 0.2) is 0 Å². The Morgan fingerprint density at radius 2 is 2.00 bits per heavy atom. The van der Waals surface area contributed by atoms with Crippen molar-refractivity contribution in [1.29, 1.82) is 0 Å². The summed E-state index contributed by atoms with van der Waals surface area (Å²) in [5, 5.41) is 0. The molecule has 1 aliphatic heterocycles. The number of aromatic nitrogens is 2. The summed E-state index contributed by atoms with van der Waals surface area (Å²) in [7, 11) is 1.76. The van der Waals surface area contributed by atoms with Gasteiger partial charge in [-0.1, -0.05) is 30.3 Å². The summed E-state index contributed by atoms with van der Waals surface area (Å²) in [4.78, 5) is 11.6. The second-order valence-electron chi connectivity index (χ2n) is 6.09. The largest absolute Gasteiger partial charge is 0.349 e. The van der Waals surface area contributed by atoms with Gasteiger partial charge in [0.25, 0.3) is 5.92 Å². The van der Waals surface area contributed by atoms with Crippen molar-refractivity contribution in [1.82, 2.24) is 14.9 Å². The number of piperidine rings is 1. The molecule has 4 nitrogen and oxygen atoms in total. The second kappa shape index (κ2) is 7.11.